The first-order valence-corrected chi connectivity index (χ1v) is 7.53. The predicted molar refractivity (Wildman–Crippen MR) is 90.5 cm³/mol. The minimum Gasteiger partial charge on any atom is -0.350 e. The van der Waals surface area contributed by atoms with Crippen molar-refractivity contribution in [2.24, 2.45) is 0 Å². The van der Waals surface area contributed by atoms with Gasteiger partial charge in [0.1, 0.15) is 0 Å². The van der Waals surface area contributed by atoms with Gasteiger partial charge < -0.3 is 10.2 Å². The predicted octanol–water partition coefficient (Wildman–Crippen LogP) is 2.48. The molecule has 120 valence electrons. The molecule has 0 radical (unpaired) electrons. The van der Waals surface area contributed by atoms with Crippen molar-refractivity contribution < 1.29 is 9.59 Å². The quantitative estimate of drug-likeness (QED) is 0.922. The third-order valence-electron chi connectivity index (χ3n) is 3.79. The Morgan fingerprint density at radius 2 is 1.96 bits per heavy atom. The molecule has 1 aromatic heterocycles. The first-order chi connectivity index (χ1) is 11.0. The molecule has 0 saturated carbocycles. The number of hydrogen-bond acceptors (Lipinski definition) is 3. The minimum atomic E-state index is -0.192. The van der Waals surface area contributed by atoms with Crippen LogP contribution in [0.5, 0.6) is 0 Å². The van der Waals surface area contributed by atoms with Crippen LogP contribution in [0.25, 0.3) is 0 Å². The molecule has 0 unspecified atom stereocenters. The molecule has 0 aliphatic carbocycles. The summed E-state index contributed by atoms with van der Waals surface area (Å²) in [4.78, 5) is 29.6. The lowest BCUT2D eigenvalue weighted by atomic mass is 10.1. The molecule has 2 aromatic rings. The van der Waals surface area contributed by atoms with Gasteiger partial charge >= 0.3 is 0 Å². The fourth-order valence-corrected chi connectivity index (χ4v) is 2.36. The Bertz CT molecular complexity index is 699. The summed E-state index contributed by atoms with van der Waals surface area (Å²) < 4.78 is 0. The second-order valence-electron chi connectivity index (χ2n) is 5.39. The highest BCUT2D eigenvalue weighted by Gasteiger charge is 2.15. The summed E-state index contributed by atoms with van der Waals surface area (Å²) in [6.45, 7) is 6.34. The molecule has 1 heterocycles. The monoisotopic (exact) mass is 311 g/mol. The highest BCUT2D eigenvalue weighted by atomic mass is 16.2. The minimum absolute atomic E-state index is 0.0469. The summed E-state index contributed by atoms with van der Waals surface area (Å²) in [5.74, 6) is -0.239. The third-order valence-corrected chi connectivity index (χ3v) is 3.79. The van der Waals surface area contributed by atoms with Crippen LogP contribution in [0.4, 0.5) is 5.69 Å². The van der Waals surface area contributed by atoms with E-state index in [1.54, 1.807) is 23.2 Å². The first-order valence-electron chi connectivity index (χ1n) is 7.53. The maximum absolute atomic E-state index is 12.0. The molecular weight excluding hydrogens is 290 g/mol. The second-order valence-corrected chi connectivity index (χ2v) is 5.39. The Morgan fingerprint density at radius 3 is 2.61 bits per heavy atom. The van der Waals surface area contributed by atoms with Crippen molar-refractivity contribution in [1.82, 2.24) is 10.3 Å². The lowest BCUT2D eigenvalue weighted by molar-refractivity contribution is -0.116. The van der Waals surface area contributed by atoms with E-state index in [1.807, 2.05) is 32.0 Å². The molecule has 23 heavy (non-hydrogen) atoms. The SMILES string of the molecule is CC(=O)N(CCNC(=O)c1cccnc1)c1cccc(C)c1C. The molecule has 0 fully saturated rings. The maximum atomic E-state index is 12.0. The highest BCUT2D eigenvalue weighted by molar-refractivity contribution is 5.94. The molecule has 1 N–H and O–H groups in total. The van der Waals surface area contributed by atoms with Gasteiger partial charge in [-0.15, -0.1) is 0 Å². The van der Waals surface area contributed by atoms with E-state index < -0.39 is 0 Å². The van der Waals surface area contributed by atoms with Crippen LogP contribution in [0.3, 0.4) is 0 Å². The van der Waals surface area contributed by atoms with Crippen LogP contribution in [-0.2, 0) is 4.79 Å². The fraction of sp³-hybridized carbons (Fsp3) is 0.278. The Hall–Kier alpha value is -2.69. The van der Waals surface area contributed by atoms with E-state index in [0.29, 0.717) is 18.7 Å². The number of aromatic nitrogens is 1. The molecule has 2 amide bonds. The number of carbonyl (C=O) groups excluding carboxylic acids is 2. The number of hydrogen-bond donors (Lipinski definition) is 1. The van der Waals surface area contributed by atoms with Crippen molar-refractivity contribution >= 4 is 17.5 Å². The number of aryl methyl sites for hydroxylation is 1. The van der Waals surface area contributed by atoms with Crippen molar-refractivity contribution in [3.63, 3.8) is 0 Å². The molecule has 0 aliphatic heterocycles. The summed E-state index contributed by atoms with van der Waals surface area (Å²) in [6.07, 6.45) is 3.14. The van der Waals surface area contributed by atoms with Crippen molar-refractivity contribution in [2.75, 3.05) is 18.0 Å². The summed E-state index contributed by atoms with van der Waals surface area (Å²) in [5, 5.41) is 2.82. The van der Waals surface area contributed by atoms with Gasteiger partial charge in [-0.2, -0.15) is 0 Å². The van der Waals surface area contributed by atoms with Gasteiger partial charge in [0.05, 0.1) is 5.56 Å². The van der Waals surface area contributed by atoms with Crippen LogP contribution in [-0.4, -0.2) is 29.9 Å². The van der Waals surface area contributed by atoms with Crippen molar-refractivity contribution in [2.45, 2.75) is 20.8 Å². The van der Waals surface area contributed by atoms with E-state index in [0.717, 1.165) is 16.8 Å². The van der Waals surface area contributed by atoms with E-state index >= 15 is 0 Å². The average Bonchev–Trinajstić information content (AvgIpc) is 2.55. The van der Waals surface area contributed by atoms with E-state index in [1.165, 1.54) is 13.1 Å². The summed E-state index contributed by atoms with van der Waals surface area (Å²) >= 11 is 0. The lowest BCUT2D eigenvalue weighted by Crippen LogP contribution is -2.38. The highest BCUT2D eigenvalue weighted by Crippen LogP contribution is 2.22. The van der Waals surface area contributed by atoms with Crippen LogP contribution in [0.1, 0.15) is 28.4 Å². The lowest BCUT2D eigenvalue weighted by Gasteiger charge is -2.24. The zero-order valence-electron chi connectivity index (χ0n) is 13.7. The van der Waals surface area contributed by atoms with Crippen LogP contribution >= 0.6 is 0 Å². The van der Waals surface area contributed by atoms with Gasteiger partial charge in [-0.1, -0.05) is 12.1 Å². The second kappa shape index (κ2) is 7.54. The molecule has 2 rings (SSSR count). The van der Waals surface area contributed by atoms with Crippen molar-refractivity contribution in [3.8, 4) is 0 Å². The van der Waals surface area contributed by atoms with Crippen LogP contribution in [0.15, 0.2) is 42.7 Å². The van der Waals surface area contributed by atoms with Crippen LogP contribution < -0.4 is 10.2 Å². The molecule has 0 bridgehead atoms. The largest absolute Gasteiger partial charge is 0.350 e. The Morgan fingerprint density at radius 1 is 1.17 bits per heavy atom. The number of amides is 2. The molecule has 5 heteroatoms. The van der Waals surface area contributed by atoms with Gasteiger partial charge in [0.2, 0.25) is 5.91 Å². The summed E-state index contributed by atoms with van der Waals surface area (Å²) in [6, 6.07) is 9.29. The molecular formula is C18H21N3O2. The Balaban J connectivity index is 2.02. The molecule has 5 nitrogen and oxygen atoms in total. The van der Waals surface area contributed by atoms with Gasteiger partial charge in [0.25, 0.3) is 5.91 Å². The standard InChI is InChI=1S/C18H21N3O2/c1-13-6-4-8-17(14(13)2)21(15(3)22)11-10-20-18(23)16-7-5-9-19-12-16/h4-9,12H,10-11H2,1-3H3,(H,20,23). The van der Waals surface area contributed by atoms with E-state index in [-0.39, 0.29) is 11.8 Å². The van der Waals surface area contributed by atoms with Crippen LogP contribution in [0, 0.1) is 13.8 Å². The fourth-order valence-electron chi connectivity index (χ4n) is 2.36. The zero-order valence-corrected chi connectivity index (χ0v) is 13.7. The van der Waals surface area contributed by atoms with E-state index in [4.69, 9.17) is 0 Å². The van der Waals surface area contributed by atoms with Gasteiger partial charge in [-0.25, -0.2) is 0 Å². The average molecular weight is 311 g/mol. The normalized spacial score (nSPS) is 10.2. The number of rotatable bonds is 5. The smallest absolute Gasteiger partial charge is 0.252 e. The van der Waals surface area contributed by atoms with E-state index in [2.05, 4.69) is 10.3 Å². The number of benzene rings is 1. The number of anilines is 1. The van der Waals surface area contributed by atoms with Crippen molar-refractivity contribution in [3.05, 3.63) is 59.4 Å². The Labute approximate surface area is 136 Å². The van der Waals surface area contributed by atoms with Gasteiger partial charge in [-0.05, 0) is 43.2 Å². The number of nitrogens with zero attached hydrogens (tertiary/aromatic N) is 2. The molecule has 0 spiro atoms. The third kappa shape index (κ3) is 4.16. The zero-order chi connectivity index (χ0) is 16.8. The first kappa shape index (κ1) is 16.7. The summed E-state index contributed by atoms with van der Waals surface area (Å²) in [5.41, 5.74) is 3.59. The molecule has 0 atom stereocenters. The van der Waals surface area contributed by atoms with Crippen molar-refractivity contribution in [1.29, 1.82) is 0 Å². The van der Waals surface area contributed by atoms with Gasteiger partial charge in [0, 0.05) is 38.1 Å². The molecule has 0 aliphatic rings. The number of nitrogens with one attached hydrogen (secondary N) is 1. The number of pyridine rings is 1. The molecule has 0 saturated heterocycles. The topological polar surface area (TPSA) is 62.3 Å². The van der Waals surface area contributed by atoms with E-state index in [9.17, 15) is 9.59 Å². The number of carbonyl (C=O) groups is 2. The maximum Gasteiger partial charge on any atom is 0.252 e. The van der Waals surface area contributed by atoms with Gasteiger partial charge in [-0.3, -0.25) is 14.6 Å². The van der Waals surface area contributed by atoms with Crippen LogP contribution in [0.2, 0.25) is 0 Å². The summed E-state index contributed by atoms with van der Waals surface area (Å²) in [7, 11) is 0. The molecule has 1 aromatic carbocycles. The Kier molecular flexibility index (Phi) is 5.46. The van der Waals surface area contributed by atoms with Gasteiger partial charge in [0.15, 0.2) is 0 Å².